The zero-order valence-electron chi connectivity index (χ0n) is 17.6. The summed E-state index contributed by atoms with van der Waals surface area (Å²) in [5.74, 6) is 3.85. The molecule has 0 N–H and O–H groups in total. The molecule has 0 aliphatic heterocycles. The molecular formula is C29H20N2O. The predicted molar refractivity (Wildman–Crippen MR) is 131 cm³/mol. The van der Waals surface area contributed by atoms with E-state index in [1.165, 1.54) is 0 Å². The fourth-order valence-corrected chi connectivity index (χ4v) is 3.84. The molecule has 0 fully saturated rings. The fraction of sp³-hybridized carbons (Fsp3) is 0.0345. The Bertz CT molecular complexity index is 1490. The molecule has 3 aromatic carbocycles. The average molecular weight is 412 g/mol. The second kappa shape index (κ2) is 8.37. The van der Waals surface area contributed by atoms with Gasteiger partial charge >= 0.3 is 0 Å². The minimum absolute atomic E-state index is 0.538. The molecule has 0 radical (unpaired) electrons. The monoisotopic (exact) mass is 412 g/mol. The largest absolute Gasteiger partial charge is 0.447 e. The van der Waals surface area contributed by atoms with Crippen LogP contribution >= 0.6 is 0 Å². The third kappa shape index (κ3) is 3.59. The summed E-state index contributed by atoms with van der Waals surface area (Å²) in [4.78, 5) is 9.35. The van der Waals surface area contributed by atoms with Gasteiger partial charge in [-0.3, -0.25) is 0 Å². The van der Waals surface area contributed by atoms with Gasteiger partial charge in [0.1, 0.15) is 5.58 Å². The number of aromatic nitrogens is 2. The molecule has 0 atom stereocenters. The Morgan fingerprint density at radius 1 is 0.844 bits per heavy atom. The van der Waals surface area contributed by atoms with Crippen molar-refractivity contribution in [2.24, 2.45) is 0 Å². The summed E-state index contributed by atoms with van der Waals surface area (Å²) in [6.45, 7) is 1.96. The molecule has 5 aromatic rings. The molecule has 0 aliphatic carbocycles. The number of hydrogen-bond donors (Lipinski definition) is 0. The summed E-state index contributed by atoms with van der Waals surface area (Å²) in [7, 11) is 0. The number of hydrogen-bond acceptors (Lipinski definition) is 3. The molecule has 0 saturated carbocycles. The molecule has 0 spiro atoms. The first-order valence-electron chi connectivity index (χ1n) is 10.4. The number of rotatable bonds is 4. The first-order valence-corrected chi connectivity index (χ1v) is 10.4. The van der Waals surface area contributed by atoms with E-state index in [9.17, 15) is 0 Å². The highest BCUT2D eigenvalue weighted by atomic mass is 16.3. The van der Waals surface area contributed by atoms with Crippen molar-refractivity contribution in [3.05, 3.63) is 102 Å². The van der Waals surface area contributed by atoms with Gasteiger partial charge in [-0.05, 0) is 48.2 Å². The van der Waals surface area contributed by atoms with Crippen molar-refractivity contribution in [3.63, 3.8) is 0 Å². The summed E-state index contributed by atoms with van der Waals surface area (Å²) >= 11 is 0. The second-order valence-corrected chi connectivity index (χ2v) is 7.41. The van der Waals surface area contributed by atoms with E-state index in [4.69, 9.17) is 15.8 Å². The van der Waals surface area contributed by atoms with Crippen molar-refractivity contribution in [1.82, 2.24) is 9.97 Å². The van der Waals surface area contributed by atoms with Crippen molar-refractivity contribution >= 4 is 17.0 Å². The molecule has 0 amide bonds. The van der Waals surface area contributed by atoms with Gasteiger partial charge in [-0.1, -0.05) is 66.7 Å². The minimum Gasteiger partial charge on any atom is -0.447 e. The zero-order chi connectivity index (χ0) is 21.9. The Labute approximate surface area is 187 Å². The van der Waals surface area contributed by atoms with E-state index >= 15 is 0 Å². The number of terminal acetylenes is 1. The van der Waals surface area contributed by atoms with Crippen LogP contribution in [-0.2, 0) is 0 Å². The highest BCUT2D eigenvalue weighted by molar-refractivity contribution is 5.92. The molecule has 3 nitrogen and oxygen atoms in total. The van der Waals surface area contributed by atoms with Gasteiger partial charge in [-0.2, -0.15) is 0 Å². The summed E-state index contributed by atoms with van der Waals surface area (Å²) in [5.41, 5.74) is 6.71. The van der Waals surface area contributed by atoms with Gasteiger partial charge in [-0.25, -0.2) is 9.97 Å². The van der Waals surface area contributed by atoms with Crippen LogP contribution in [0.2, 0.25) is 0 Å². The average Bonchev–Trinajstić information content (AvgIpc) is 3.22. The molecule has 5 rings (SSSR count). The zero-order valence-corrected chi connectivity index (χ0v) is 17.6. The molecule has 0 bridgehead atoms. The Kier molecular flexibility index (Phi) is 5.11. The second-order valence-electron chi connectivity index (χ2n) is 7.41. The first kappa shape index (κ1) is 19.5. The lowest BCUT2D eigenvalue weighted by Gasteiger charge is -2.07. The molecule has 3 heteroatoms. The maximum absolute atomic E-state index is 5.91. The molecular weight excluding hydrogens is 392 g/mol. The van der Waals surface area contributed by atoms with Gasteiger partial charge in [0, 0.05) is 28.3 Å². The molecule has 2 aromatic heterocycles. The lowest BCUT2D eigenvalue weighted by molar-refractivity contribution is 0.600. The van der Waals surface area contributed by atoms with E-state index in [1.807, 2.05) is 73.7 Å². The van der Waals surface area contributed by atoms with Crippen LogP contribution < -0.4 is 0 Å². The quantitative estimate of drug-likeness (QED) is 0.292. The van der Waals surface area contributed by atoms with E-state index in [1.54, 1.807) is 6.20 Å². The van der Waals surface area contributed by atoms with E-state index in [0.717, 1.165) is 44.5 Å². The predicted octanol–water partition coefficient (Wildman–Crippen LogP) is 7.24. The number of fused-ring (bicyclic) bond motifs is 1. The summed E-state index contributed by atoms with van der Waals surface area (Å²) in [5, 5.41) is 0.990. The third-order valence-corrected chi connectivity index (χ3v) is 5.37. The van der Waals surface area contributed by atoms with Crippen LogP contribution in [0, 0.1) is 12.3 Å². The SMILES string of the molecule is C#Cc1oc2cc(-c3ccnc(-c4cccc(-c5ccccc5)c4)n3)ccc2c1/C=C\C. The lowest BCUT2D eigenvalue weighted by atomic mass is 10.0. The first-order chi connectivity index (χ1) is 15.8. The molecule has 0 saturated heterocycles. The highest BCUT2D eigenvalue weighted by Gasteiger charge is 2.13. The topological polar surface area (TPSA) is 38.9 Å². The van der Waals surface area contributed by atoms with Crippen molar-refractivity contribution < 1.29 is 4.42 Å². The summed E-state index contributed by atoms with van der Waals surface area (Å²) in [6, 6.07) is 26.5. The van der Waals surface area contributed by atoms with E-state index in [-0.39, 0.29) is 0 Å². The van der Waals surface area contributed by atoms with Crippen molar-refractivity contribution in [3.8, 4) is 46.1 Å². The van der Waals surface area contributed by atoms with Crippen molar-refractivity contribution in [2.45, 2.75) is 6.92 Å². The Hall–Kier alpha value is -4.42. The van der Waals surface area contributed by atoms with Gasteiger partial charge in [0.2, 0.25) is 0 Å². The third-order valence-electron chi connectivity index (χ3n) is 5.37. The molecule has 32 heavy (non-hydrogen) atoms. The maximum Gasteiger partial charge on any atom is 0.185 e. The van der Waals surface area contributed by atoms with Crippen LogP contribution in [-0.4, -0.2) is 9.97 Å². The number of furan rings is 1. The van der Waals surface area contributed by atoms with Crippen LogP contribution in [0.15, 0.2) is 95.6 Å². The highest BCUT2D eigenvalue weighted by Crippen LogP contribution is 2.31. The summed E-state index contributed by atoms with van der Waals surface area (Å²) in [6.07, 6.45) is 11.4. The van der Waals surface area contributed by atoms with Crippen LogP contribution in [0.4, 0.5) is 0 Å². The van der Waals surface area contributed by atoms with Gasteiger partial charge in [-0.15, -0.1) is 6.42 Å². The van der Waals surface area contributed by atoms with Gasteiger partial charge in [0.25, 0.3) is 0 Å². The fourth-order valence-electron chi connectivity index (χ4n) is 3.84. The smallest absolute Gasteiger partial charge is 0.185 e. The number of nitrogens with zero attached hydrogens (tertiary/aromatic N) is 2. The van der Waals surface area contributed by atoms with Gasteiger partial charge in [0.15, 0.2) is 11.6 Å². The molecule has 152 valence electrons. The molecule has 0 unspecified atom stereocenters. The van der Waals surface area contributed by atoms with Gasteiger partial charge in [0.05, 0.1) is 5.69 Å². The van der Waals surface area contributed by atoms with Crippen molar-refractivity contribution in [1.29, 1.82) is 0 Å². The van der Waals surface area contributed by atoms with Crippen LogP contribution in [0.5, 0.6) is 0 Å². The molecule has 2 heterocycles. The van der Waals surface area contributed by atoms with E-state index < -0.39 is 0 Å². The van der Waals surface area contributed by atoms with E-state index in [0.29, 0.717) is 11.6 Å². The number of benzene rings is 3. The van der Waals surface area contributed by atoms with E-state index in [2.05, 4.69) is 35.2 Å². The standard InChI is InChI=1S/C29H20N2O/c1-3-9-24-25-15-14-22(19-28(25)32-27(24)4-2)26-16-17-30-29(31-26)23-13-8-12-21(18-23)20-10-6-5-7-11-20/h2-3,5-19H,1H3/b9-3-. The Morgan fingerprint density at radius 3 is 2.47 bits per heavy atom. The van der Waals surface area contributed by atoms with Gasteiger partial charge < -0.3 is 4.42 Å². The minimum atomic E-state index is 0.538. The Balaban J connectivity index is 1.55. The Morgan fingerprint density at radius 2 is 1.66 bits per heavy atom. The normalized spacial score (nSPS) is 11.1. The lowest BCUT2D eigenvalue weighted by Crippen LogP contribution is -1.92. The summed E-state index contributed by atoms with van der Waals surface area (Å²) < 4.78 is 5.91. The number of allylic oxidation sites excluding steroid dienone is 1. The van der Waals surface area contributed by atoms with Crippen LogP contribution in [0.25, 0.3) is 50.8 Å². The van der Waals surface area contributed by atoms with Crippen LogP contribution in [0.3, 0.4) is 0 Å². The molecule has 0 aliphatic rings. The van der Waals surface area contributed by atoms with Crippen molar-refractivity contribution in [2.75, 3.05) is 0 Å². The van der Waals surface area contributed by atoms with Crippen LogP contribution in [0.1, 0.15) is 18.2 Å². The maximum atomic E-state index is 5.91.